The van der Waals surface area contributed by atoms with Crippen LogP contribution in [0, 0.1) is 13.8 Å². The Balaban J connectivity index is 1.86. The van der Waals surface area contributed by atoms with E-state index in [-0.39, 0.29) is 24.3 Å². The average Bonchev–Trinajstić information content (AvgIpc) is 2.94. The Morgan fingerprint density at radius 3 is 2.57 bits per heavy atom. The molecule has 2 rings (SSSR count). The predicted octanol–water partition coefficient (Wildman–Crippen LogP) is 3.69. The molecule has 6 heteroatoms. The van der Waals surface area contributed by atoms with Gasteiger partial charge in [-0.3, -0.25) is 4.79 Å². The van der Waals surface area contributed by atoms with E-state index in [0.29, 0.717) is 4.67 Å². The van der Waals surface area contributed by atoms with E-state index in [1.165, 1.54) is 17.2 Å². The molecule has 0 saturated heterocycles. The highest BCUT2D eigenvalue weighted by molar-refractivity contribution is 9.10. The van der Waals surface area contributed by atoms with Gasteiger partial charge < -0.3 is 14.5 Å². The van der Waals surface area contributed by atoms with Gasteiger partial charge in [0.25, 0.3) is 5.91 Å². The monoisotopic (exact) mass is 379 g/mol. The van der Waals surface area contributed by atoms with E-state index in [1.54, 1.807) is 6.07 Å². The summed E-state index contributed by atoms with van der Waals surface area (Å²) in [6, 6.07) is 8.91. The average molecular weight is 380 g/mol. The Morgan fingerprint density at radius 1 is 1.22 bits per heavy atom. The largest absolute Gasteiger partial charge is 0.450 e. The van der Waals surface area contributed by atoms with Crippen LogP contribution in [0.4, 0.5) is 0 Å². The molecular formula is C17H18BrNO4. The smallest absolute Gasteiger partial charge is 0.374 e. The molecule has 0 saturated carbocycles. The summed E-state index contributed by atoms with van der Waals surface area (Å²) in [6.45, 7) is 5.59. The number of rotatable bonds is 5. The molecular weight excluding hydrogens is 362 g/mol. The van der Waals surface area contributed by atoms with E-state index >= 15 is 0 Å². The molecule has 0 aliphatic rings. The number of benzene rings is 1. The molecule has 1 amide bonds. The lowest BCUT2D eigenvalue weighted by Crippen LogP contribution is -2.31. The van der Waals surface area contributed by atoms with Crippen LogP contribution < -0.4 is 5.32 Å². The molecule has 0 aliphatic carbocycles. The lowest BCUT2D eigenvalue weighted by atomic mass is 10.0. The van der Waals surface area contributed by atoms with Crippen molar-refractivity contribution in [2.45, 2.75) is 26.8 Å². The number of nitrogens with one attached hydrogen (secondary N) is 1. The van der Waals surface area contributed by atoms with Gasteiger partial charge in [-0.2, -0.15) is 0 Å². The number of esters is 1. The van der Waals surface area contributed by atoms with Crippen LogP contribution in [0.2, 0.25) is 0 Å². The molecule has 0 unspecified atom stereocenters. The fourth-order valence-electron chi connectivity index (χ4n) is 2.03. The predicted molar refractivity (Wildman–Crippen MR) is 89.2 cm³/mol. The Morgan fingerprint density at radius 2 is 1.96 bits per heavy atom. The van der Waals surface area contributed by atoms with Crippen molar-refractivity contribution in [2.75, 3.05) is 6.61 Å². The molecule has 2 aromatic rings. The third-order valence-corrected chi connectivity index (χ3v) is 3.94. The summed E-state index contributed by atoms with van der Waals surface area (Å²) >= 11 is 3.10. The SMILES string of the molecule is Cc1ccc([C@@H](C)NC(=O)COC(=O)c2ccc(Br)o2)cc1C. The summed E-state index contributed by atoms with van der Waals surface area (Å²) in [5.74, 6) is -0.994. The van der Waals surface area contributed by atoms with E-state index in [9.17, 15) is 9.59 Å². The van der Waals surface area contributed by atoms with Crippen LogP contribution in [0.15, 0.2) is 39.4 Å². The van der Waals surface area contributed by atoms with Crippen molar-refractivity contribution < 1.29 is 18.7 Å². The van der Waals surface area contributed by atoms with Gasteiger partial charge >= 0.3 is 5.97 Å². The topological polar surface area (TPSA) is 68.5 Å². The maximum atomic E-state index is 11.9. The third-order valence-electron chi connectivity index (χ3n) is 3.52. The van der Waals surface area contributed by atoms with Crippen molar-refractivity contribution in [3.8, 4) is 0 Å². The molecule has 1 heterocycles. The Hall–Kier alpha value is -2.08. The van der Waals surface area contributed by atoms with Gasteiger partial charge in [-0.25, -0.2) is 4.79 Å². The molecule has 5 nitrogen and oxygen atoms in total. The summed E-state index contributed by atoms with van der Waals surface area (Å²) in [7, 11) is 0. The third kappa shape index (κ3) is 4.69. The molecule has 0 bridgehead atoms. The number of aryl methyl sites for hydroxylation is 2. The maximum Gasteiger partial charge on any atom is 0.374 e. The first-order chi connectivity index (χ1) is 10.9. The highest BCUT2D eigenvalue weighted by Gasteiger charge is 2.15. The zero-order valence-corrected chi connectivity index (χ0v) is 14.8. The number of ether oxygens (including phenoxy) is 1. The van der Waals surface area contributed by atoms with Gasteiger partial charge in [0.15, 0.2) is 11.3 Å². The number of carbonyl (C=O) groups is 2. The van der Waals surface area contributed by atoms with Crippen molar-refractivity contribution >= 4 is 27.8 Å². The van der Waals surface area contributed by atoms with Gasteiger partial charge in [0.2, 0.25) is 5.76 Å². The van der Waals surface area contributed by atoms with Gasteiger partial charge in [0.1, 0.15) is 0 Å². The first-order valence-corrected chi connectivity index (χ1v) is 7.95. The van der Waals surface area contributed by atoms with E-state index in [0.717, 1.165) is 5.56 Å². The molecule has 1 N–H and O–H groups in total. The van der Waals surface area contributed by atoms with E-state index < -0.39 is 5.97 Å². The highest BCUT2D eigenvalue weighted by Crippen LogP contribution is 2.17. The van der Waals surface area contributed by atoms with Crippen LogP contribution in [-0.2, 0) is 9.53 Å². The standard InChI is InChI=1S/C17H18BrNO4/c1-10-4-5-13(8-11(10)2)12(3)19-16(20)9-22-17(21)14-6-7-15(18)23-14/h4-8,12H,9H2,1-3H3,(H,19,20)/t12-/m1/s1. The summed E-state index contributed by atoms with van der Waals surface area (Å²) in [5.41, 5.74) is 3.37. The minimum absolute atomic E-state index is 0.0480. The highest BCUT2D eigenvalue weighted by atomic mass is 79.9. The summed E-state index contributed by atoms with van der Waals surface area (Å²) in [4.78, 5) is 23.6. The molecule has 0 fully saturated rings. The van der Waals surface area contributed by atoms with Gasteiger partial charge in [-0.15, -0.1) is 0 Å². The van der Waals surface area contributed by atoms with Crippen molar-refractivity contribution in [1.29, 1.82) is 0 Å². The summed E-state index contributed by atoms with van der Waals surface area (Å²) in [5, 5.41) is 2.80. The van der Waals surface area contributed by atoms with Gasteiger partial charge in [0, 0.05) is 0 Å². The second-order valence-corrected chi connectivity index (χ2v) is 6.09. The molecule has 1 atom stereocenters. The fraction of sp³-hybridized carbons (Fsp3) is 0.294. The maximum absolute atomic E-state index is 11.9. The zero-order valence-electron chi connectivity index (χ0n) is 13.2. The Bertz CT molecular complexity index is 723. The van der Waals surface area contributed by atoms with Crippen molar-refractivity contribution in [3.05, 3.63) is 57.5 Å². The number of amides is 1. The van der Waals surface area contributed by atoms with Crippen molar-refractivity contribution in [2.24, 2.45) is 0 Å². The van der Waals surface area contributed by atoms with E-state index in [4.69, 9.17) is 9.15 Å². The van der Waals surface area contributed by atoms with Crippen LogP contribution in [-0.4, -0.2) is 18.5 Å². The Kier molecular flexibility index (Phi) is 5.60. The minimum Gasteiger partial charge on any atom is -0.450 e. The molecule has 1 aromatic heterocycles. The summed E-state index contributed by atoms with van der Waals surface area (Å²) in [6.07, 6.45) is 0. The first-order valence-electron chi connectivity index (χ1n) is 7.16. The van der Waals surface area contributed by atoms with Crippen molar-refractivity contribution in [1.82, 2.24) is 5.32 Å². The van der Waals surface area contributed by atoms with Crippen LogP contribution in [0.25, 0.3) is 0 Å². The molecule has 23 heavy (non-hydrogen) atoms. The quantitative estimate of drug-likeness (QED) is 0.804. The molecule has 1 aromatic carbocycles. The van der Waals surface area contributed by atoms with Crippen LogP contribution in [0.1, 0.15) is 40.2 Å². The number of halogens is 1. The fourth-order valence-corrected chi connectivity index (χ4v) is 2.33. The van der Waals surface area contributed by atoms with Gasteiger partial charge in [-0.1, -0.05) is 18.2 Å². The molecule has 0 radical (unpaired) electrons. The summed E-state index contributed by atoms with van der Waals surface area (Å²) < 4.78 is 10.4. The number of furan rings is 1. The number of hydrogen-bond acceptors (Lipinski definition) is 4. The molecule has 0 spiro atoms. The number of hydrogen-bond donors (Lipinski definition) is 1. The Labute approximate surface area is 143 Å². The molecule has 122 valence electrons. The van der Waals surface area contributed by atoms with E-state index in [1.807, 2.05) is 39.0 Å². The first kappa shape index (κ1) is 17.3. The zero-order chi connectivity index (χ0) is 17.0. The second kappa shape index (κ2) is 7.46. The lowest BCUT2D eigenvalue weighted by Gasteiger charge is -2.15. The normalized spacial score (nSPS) is 11.8. The second-order valence-electron chi connectivity index (χ2n) is 5.31. The van der Waals surface area contributed by atoms with E-state index in [2.05, 4.69) is 21.2 Å². The van der Waals surface area contributed by atoms with Crippen molar-refractivity contribution in [3.63, 3.8) is 0 Å². The van der Waals surface area contributed by atoms with Gasteiger partial charge in [0.05, 0.1) is 6.04 Å². The van der Waals surface area contributed by atoms with Crippen LogP contribution in [0.5, 0.6) is 0 Å². The molecule has 0 aliphatic heterocycles. The number of carbonyl (C=O) groups excluding carboxylic acids is 2. The van der Waals surface area contributed by atoms with Crippen LogP contribution >= 0.6 is 15.9 Å². The van der Waals surface area contributed by atoms with Gasteiger partial charge in [-0.05, 0) is 65.5 Å². The lowest BCUT2D eigenvalue weighted by molar-refractivity contribution is -0.124. The minimum atomic E-state index is -0.676. The van der Waals surface area contributed by atoms with Crippen LogP contribution in [0.3, 0.4) is 0 Å².